The number of hydrogen-bond donors (Lipinski definition) is 1. The van der Waals surface area contributed by atoms with Gasteiger partial charge in [-0.3, -0.25) is 19.3 Å². The summed E-state index contributed by atoms with van der Waals surface area (Å²) in [5.41, 5.74) is 0.958. The lowest BCUT2D eigenvalue weighted by Crippen LogP contribution is -2.35. The number of methoxy groups -OCH3 is 1. The second-order valence-electron chi connectivity index (χ2n) is 6.36. The number of allylic oxidation sites excluding steroid dienone is 2. The van der Waals surface area contributed by atoms with Gasteiger partial charge < -0.3 is 10.1 Å². The van der Waals surface area contributed by atoms with E-state index in [1.165, 1.54) is 4.90 Å². The molecule has 0 spiro atoms. The molecule has 6 heteroatoms. The maximum atomic E-state index is 12.3. The molecule has 0 unspecified atom stereocenters. The van der Waals surface area contributed by atoms with Crippen LogP contribution < -0.4 is 10.1 Å². The van der Waals surface area contributed by atoms with Gasteiger partial charge in [-0.1, -0.05) is 24.3 Å². The molecule has 1 heterocycles. The Morgan fingerprint density at radius 1 is 1.12 bits per heavy atom. The van der Waals surface area contributed by atoms with E-state index in [4.69, 9.17) is 4.74 Å². The maximum absolute atomic E-state index is 12.3. The largest absolute Gasteiger partial charge is 0.497 e. The van der Waals surface area contributed by atoms with E-state index in [2.05, 4.69) is 5.32 Å². The highest BCUT2D eigenvalue weighted by atomic mass is 16.5. The van der Waals surface area contributed by atoms with Crippen LogP contribution in [0.4, 0.5) is 0 Å². The van der Waals surface area contributed by atoms with E-state index >= 15 is 0 Å². The fourth-order valence-corrected chi connectivity index (χ4v) is 3.34. The number of hydrogen-bond acceptors (Lipinski definition) is 4. The van der Waals surface area contributed by atoms with E-state index < -0.39 is 0 Å². The molecule has 6 nitrogen and oxygen atoms in total. The summed E-state index contributed by atoms with van der Waals surface area (Å²) in [6, 6.07) is 7.42. The first-order valence-electron chi connectivity index (χ1n) is 8.50. The molecule has 1 aliphatic carbocycles. The molecule has 132 valence electrons. The van der Waals surface area contributed by atoms with Gasteiger partial charge >= 0.3 is 0 Å². The summed E-state index contributed by atoms with van der Waals surface area (Å²) in [5.74, 6) is -0.161. The van der Waals surface area contributed by atoms with Gasteiger partial charge in [0.15, 0.2) is 0 Å². The predicted octanol–water partition coefficient (Wildman–Crippen LogP) is 1.65. The average molecular weight is 342 g/mol. The van der Waals surface area contributed by atoms with Crippen molar-refractivity contribution in [1.82, 2.24) is 10.2 Å². The molecule has 1 aliphatic heterocycles. The molecule has 0 saturated carbocycles. The molecule has 3 rings (SSSR count). The third-order valence-corrected chi connectivity index (χ3v) is 4.81. The van der Waals surface area contributed by atoms with E-state index in [9.17, 15) is 14.4 Å². The van der Waals surface area contributed by atoms with Crippen molar-refractivity contribution in [1.29, 1.82) is 0 Å². The zero-order chi connectivity index (χ0) is 17.8. The maximum Gasteiger partial charge on any atom is 0.233 e. The van der Waals surface area contributed by atoms with Crippen molar-refractivity contribution in [2.24, 2.45) is 11.8 Å². The molecule has 1 N–H and O–H groups in total. The van der Waals surface area contributed by atoms with Crippen LogP contribution >= 0.6 is 0 Å². The number of ether oxygens (including phenoxy) is 1. The lowest BCUT2D eigenvalue weighted by atomic mass is 9.85. The normalized spacial score (nSPS) is 22.0. The minimum Gasteiger partial charge on any atom is -0.497 e. The minimum absolute atomic E-state index is 0.125. The van der Waals surface area contributed by atoms with Crippen LogP contribution in [0, 0.1) is 11.8 Å². The van der Waals surface area contributed by atoms with Crippen LogP contribution in [0.15, 0.2) is 36.4 Å². The Kier molecular flexibility index (Phi) is 5.16. The molecule has 1 saturated heterocycles. The second-order valence-corrected chi connectivity index (χ2v) is 6.36. The molecule has 1 aromatic rings. The SMILES string of the molecule is COc1ccc(CNC(=O)CCN2C(=O)[C@@H]3CC=CC[C@H]3C2=O)cc1. The molecule has 2 aliphatic rings. The monoisotopic (exact) mass is 342 g/mol. The number of benzene rings is 1. The van der Waals surface area contributed by atoms with Crippen molar-refractivity contribution in [3.63, 3.8) is 0 Å². The number of amides is 3. The van der Waals surface area contributed by atoms with Gasteiger partial charge in [-0.25, -0.2) is 0 Å². The fraction of sp³-hybridized carbons (Fsp3) is 0.421. The molecular weight excluding hydrogens is 320 g/mol. The molecule has 1 fully saturated rings. The van der Waals surface area contributed by atoms with E-state index in [1.54, 1.807) is 7.11 Å². The van der Waals surface area contributed by atoms with Crippen LogP contribution in [0.5, 0.6) is 5.75 Å². The van der Waals surface area contributed by atoms with Gasteiger partial charge in [-0.15, -0.1) is 0 Å². The van der Waals surface area contributed by atoms with Crippen LogP contribution in [-0.4, -0.2) is 36.3 Å². The van der Waals surface area contributed by atoms with Crippen molar-refractivity contribution in [2.45, 2.75) is 25.8 Å². The van der Waals surface area contributed by atoms with E-state index in [-0.39, 0.29) is 42.5 Å². The van der Waals surface area contributed by atoms with Crippen molar-refractivity contribution < 1.29 is 19.1 Å². The molecule has 25 heavy (non-hydrogen) atoms. The first kappa shape index (κ1) is 17.2. The van der Waals surface area contributed by atoms with Gasteiger partial charge in [0.2, 0.25) is 17.7 Å². The van der Waals surface area contributed by atoms with Crippen molar-refractivity contribution in [3.8, 4) is 5.75 Å². The van der Waals surface area contributed by atoms with Crippen molar-refractivity contribution >= 4 is 17.7 Å². The quantitative estimate of drug-likeness (QED) is 0.630. The van der Waals surface area contributed by atoms with Crippen molar-refractivity contribution in [2.75, 3.05) is 13.7 Å². The Hall–Kier alpha value is -2.63. The highest BCUT2D eigenvalue weighted by Gasteiger charge is 2.46. The first-order chi connectivity index (χ1) is 12.1. The molecular formula is C19H22N2O4. The topological polar surface area (TPSA) is 75.7 Å². The lowest BCUT2D eigenvalue weighted by Gasteiger charge is -2.14. The van der Waals surface area contributed by atoms with Gasteiger partial charge in [0.25, 0.3) is 0 Å². The number of fused-ring (bicyclic) bond motifs is 1. The summed E-state index contributed by atoms with van der Waals surface area (Å²) >= 11 is 0. The first-order valence-corrected chi connectivity index (χ1v) is 8.50. The van der Waals surface area contributed by atoms with Gasteiger partial charge in [0.1, 0.15) is 5.75 Å². The number of nitrogens with zero attached hydrogens (tertiary/aromatic N) is 1. The molecule has 0 aromatic heterocycles. The summed E-state index contributed by atoms with van der Waals surface area (Å²) in [6.45, 7) is 0.555. The van der Waals surface area contributed by atoms with Gasteiger partial charge in [0.05, 0.1) is 18.9 Å². The number of nitrogens with one attached hydrogen (secondary N) is 1. The Morgan fingerprint density at radius 2 is 1.72 bits per heavy atom. The molecule has 3 amide bonds. The van der Waals surface area contributed by atoms with Crippen LogP contribution in [0.2, 0.25) is 0 Å². The Morgan fingerprint density at radius 3 is 2.28 bits per heavy atom. The van der Waals surface area contributed by atoms with Gasteiger partial charge in [0, 0.05) is 19.5 Å². The third kappa shape index (κ3) is 3.73. The van der Waals surface area contributed by atoms with Crippen LogP contribution in [0.1, 0.15) is 24.8 Å². The van der Waals surface area contributed by atoms with E-state index in [1.807, 2.05) is 36.4 Å². The molecule has 1 aromatic carbocycles. The number of imide groups is 1. The highest BCUT2D eigenvalue weighted by molar-refractivity contribution is 6.05. The zero-order valence-electron chi connectivity index (χ0n) is 14.2. The summed E-state index contributed by atoms with van der Waals surface area (Å²) < 4.78 is 5.09. The smallest absolute Gasteiger partial charge is 0.233 e. The van der Waals surface area contributed by atoms with Crippen molar-refractivity contribution in [3.05, 3.63) is 42.0 Å². The van der Waals surface area contributed by atoms with Gasteiger partial charge in [-0.2, -0.15) is 0 Å². The Bertz CT molecular complexity index is 670. The summed E-state index contributed by atoms with van der Waals surface area (Å²) in [5, 5.41) is 2.81. The standard InChI is InChI=1S/C19H22N2O4/c1-25-14-8-6-13(7-9-14)12-20-17(22)10-11-21-18(23)15-4-2-3-5-16(15)19(21)24/h2-3,6-9,15-16H,4-5,10-12H2,1H3,(H,20,22)/t15-,16-/m1/s1. The fourth-order valence-electron chi connectivity index (χ4n) is 3.34. The number of rotatable bonds is 6. The van der Waals surface area contributed by atoms with E-state index in [0.717, 1.165) is 11.3 Å². The zero-order valence-corrected chi connectivity index (χ0v) is 14.2. The Labute approximate surface area is 146 Å². The predicted molar refractivity (Wildman–Crippen MR) is 91.5 cm³/mol. The number of carbonyl (C=O) groups is 3. The lowest BCUT2D eigenvalue weighted by molar-refractivity contribution is -0.140. The van der Waals surface area contributed by atoms with Gasteiger partial charge in [-0.05, 0) is 30.5 Å². The third-order valence-electron chi connectivity index (χ3n) is 4.81. The summed E-state index contributed by atoms with van der Waals surface area (Å²) in [6.07, 6.45) is 5.28. The van der Waals surface area contributed by atoms with Crippen LogP contribution in [0.3, 0.4) is 0 Å². The molecule has 0 bridgehead atoms. The van der Waals surface area contributed by atoms with Crippen LogP contribution in [0.25, 0.3) is 0 Å². The Balaban J connectivity index is 1.47. The molecule has 0 radical (unpaired) electrons. The van der Waals surface area contributed by atoms with E-state index in [0.29, 0.717) is 19.4 Å². The second kappa shape index (κ2) is 7.51. The van der Waals surface area contributed by atoms with Crippen LogP contribution in [-0.2, 0) is 20.9 Å². The summed E-state index contributed by atoms with van der Waals surface area (Å²) in [7, 11) is 1.60. The highest BCUT2D eigenvalue weighted by Crippen LogP contribution is 2.34. The number of carbonyl (C=O) groups excluding carboxylic acids is 3. The average Bonchev–Trinajstić information content (AvgIpc) is 2.89. The minimum atomic E-state index is -0.236. The number of likely N-dealkylation sites (tertiary alicyclic amines) is 1. The summed E-state index contributed by atoms with van der Waals surface area (Å²) in [4.78, 5) is 37.9. The molecule has 2 atom stereocenters.